The molecular formula is C21H25ClN2O4S. The Balaban J connectivity index is 1.68. The number of amides is 1. The highest BCUT2D eigenvalue weighted by atomic mass is 35.5. The van der Waals surface area contributed by atoms with E-state index in [1.807, 2.05) is 18.2 Å². The Bertz CT molecular complexity index is 994. The van der Waals surface area contributed by atoms with Gasteiger partial charge in [0.15, 0.2) is 0 Å². The van der Waals surface area contributed by atoms with E-state index in [9.17, 15) is 13.2 Å². The Morgan fingerprint density at radius 1 is 1.28 bits per heavy atom. The highest BCUT2D eigenvalue weighted by Crippen LogP contribution is 2.27. The molecule has 3 rings (SSSR count). The van der Waals surface area contributed by atoms with Crippen LogP contribution in [0.3, 0.4) is 0 Å². The zero-order valence-corrected chi connectivity index (χ0v) is 18.1. The Labute approximate surface area is 176 Å². The van der Waals surface area contributed by atoms with Gasteiger partial charge in [-0.15, -0.1) is 0 Å². The second-order valence-corrected chi connectivity index (χ2v) is 9.49. The van der Waals surface area contributed by atoms with Crippen molar-refractivity contribution in [2.24, 2.45) is 5.92 Å². The molecule has 2 aromatic rings. The molecule has 29 heavy (non-hydrogen) atoms. The molecule has 0 spiro atoms. The fourth-order valence-corrected chi connectivity index (χ4v) is 5.32. The van der Waals surface area contributed by atoms with Gasteiger partial charge in [-0.3, -0.25) is 4.79 Å². The first-order valence-electron chi connectivity index (χ1n) is 9.49. The summed E-state index contributed by atoms with van der Waals surface area (Å²) in [4.78, 5) is 12.9. The van der Waals surface area contributed by atoms with Crippen LogP contribution in [-0.4, -0.2) is 38.8 Å². The highest BCUT2D eigenvalue weighted by molar-refractivity contribution is 7.89. The number of methoxy groups -OCH3 is 1. The van der Waals surface area contributed by atoms with E-state index < -0.39 is 10.0 Å². The SMILES string of the molecule is COc1ccc(S(=O)(=O)N2CCCC(C(=O)NCc3ccccc3Cl)C2)cc1C. The lowest BCUT2D eigenvalue weighted by molar-refractivity contribution is -0.126. The number of carbonyl (C=O) groups excluding carboxylic acids is 1. The normalized spacial score (nSPS) is 17.7. The minimum atomic E-state index is -3.67. The van der Waals surface area contributed by atoms with Crippen molar-refractivity contribution in [1.82, 2.24) is 9.62 Å². The van der Waals surface area contributed by atoms with Crippen LogP contribution < -0.4 is 10.1 Å². The van der Waals surface area contributed by atoms with Crippen LogP contribution in [0.1, 0.15) is 24.0 Å². The summed E-state index contributed by atoms with van der Waals surface area (Å²) < 4.78 is 32.7. The fourth-order valence-electron chi connectivity index (χ4n) is 3.50. The maximum atomic E-state index is 13.1. The zero-order chi connectivity index (χ0) is 21.0. The first-order chi connectivity index (χ1) is 13.8. The summed E-state index contributed by atoms with van der Waals surface area (Å²) in [6.07, 6.45) is 1.29. The van der Waals surface area contributed by atoms with Gasteiger partial charge in [0, 0.05) is 24.7 Å². The van der Waals surface area contributed by atoms with Gasteiger partial charge in [-0.05, 0) is 55.2 Å². The second kappa shape index (κ2) is 9.15. The molecule has 1 fully saturated rings. The molecule has 0 aliphatic carbocycles. The summed E-state index contributed by atoms with van der Waals surface area (Å²) in [7, 11) is -2.12. The van der Waals surface area contributed by atoms with Crippen LogP contribution in [0.5, 0.6) is 5.75 Å². The molecule has 0 saturated carbocycles. The number of nitrogens with zero attached hydrogens (tertiary/aromatic N) is 1. The van der Waals surface area contributed by atoms with E-state index in [-0.39, 0.29) is 23.3 Å². The topological polar surface area (TPSA) is 75.7 Å². The summed E-state index contributed by atoms with van der Waals surface area (Å²) in [5.41, 5.74) is 1.58. The largest absolute Gasteiger partial charge is 0.496 e. The lowest BCUT2D eigenvalue weighted by atomic mass is 9.99. The van der Waals surface area contributed by atoms with Crippen LogP contribution >= 0.6 is 11.6 Å². The number of halogens is 1. The van der Waals surface area contributed by atoms with Crippen molar-refractivity contribution in [3.63, 3.8) is 0 Å². The average molecular weight is 437 g/mol. The lowest BCUT2D eigenvalue weighted by Gasteiger charge is -2.31. The lowest BCUT2D eigenvalue weighted by Crippen LogP contribution is -2.45. The number of aryl methyl sites for hydroxylation is 1. The molecule has 0 bridgehead atoms. The Hall–Kier alpha value is -2.09. The van der Waals surface area contributed by atoms with Crippen LogP contribution in [-0.2, 0) is 21.4 Å². The van der Waals surface area contributed by atoms with Gasteiger partial charge >= 0.3 is 0 Å². The van der Waals surface area contributed by atoms with Crippen molar-refractivity contribution in [2.45, 2.75) is 31.2 Å². The predicted molar refractivity (Wildman–Crippen MR) is 113 cm³/mol. The van der Waals surface area contributed by atoms with E-state index in [4.69, 9.17) is 16.3 Å². The van der Waals surface area contributed by atoms with Crippen molar-refractivity contribution in [2.75, 3.05) is 20.2 Å². The van der Waals surface area contributed by atoms with E-state index in [2.05, 4.69) is 5.32 Å². The highest BCUT2D eigenvalue weighted by Gasteiger charge is 2.33. The van der Waals surface area contributed by atoms with Crippen LogP contribution in [0.2, 0.25) is 5.02 Å². The van der Waals surface area contributed by atoms with Gasteiger partial charge in [0.2, 0.25) is 15.9 Å². The minimum Gasteiger partial charge on any atom is -0.496 e. The third-order valence-electron chi connectivity index (χ3n) is 5.17. The molecule has 1 atom stereocenters. The monoisotopic (exact) mass is 436 g/mol. The fraction of sp³-hybridized carbons (Fsp3) is 0.381. The molecule has 8 heteroatoms. The molecule has 1 amide bonds. The number of benzene rings is 2. The number of hydrogen-bond donors (Lipinski definition) is 1. The molecule has 1 N–H and O–H groups in total. The van der Waals surface area contributed by atoms with Crippen LogP contribution in [0, 0.1) is 12.8 Å². The summed E-state index contributed by atoms with van der Waals surface area (Å²) in [6.45, 7) is 2.70. The molecule has 0 aromatic heterocycles. The number of sulfonamides is 1. The van der Waals surface area contributed by atoms with Gasteiger partial charge in [-0.2, -0.15) is 4.31 Å². The van der Waals surface area contributed by atoms with Crippen molar-refractivity contribution in [3.05, 3.63) is 58.6 Å². The van der Waals surface area contributed by atoms with Gasteiger partial charge < -0.3 is 10.1 Å². The van der Waals surface area contributed by atoms with Gasteiger partial charge in [0.25, 0.3) is 0 Å². The molecule has 1 aliphatic heterocycles. The molecule has 156 valence electrons. The number of hydrogen-bond acceptors (Lipinski definition) is 4. The van der Waals surface area contributed by atoms with E-state index in [1.165, 1.54) is 4.31 Å². The van der Waals surface area contributed by atoms with Crippen molar-refractivity contribution < 1.29 is 17.9 Å². The van der Waals surface area contributed by atoms with Crippen LogP contribution in [0.4, 0.5) is 0 Å². The summed E-state index contributed by atoms with van der Waals surface area (Å²) in [6, 6.07) is 12.1. The molecule has 2 aromatic carbocycles. The first kappa shape index (κ1) is 21.6. The van der Waals surface area contributed by atoms with Crippen LogP contribution in [0.25, 0.3) is 0 Å². The predicted octanol–water partition coefficient (Wildman–Crippen LogP) is 3.37. The average Bonchev–Trinajstić information content (AvgIpc) is 2.73. The van der Waals surface area contributed by atoms with Gasteiger partial charge in [0.05, 0.1) is 17.9 Å². The standard InChI is InChI=1S/C21H25ClN2O4S/c1-15-12-18(9-10-20(15)28-2)29(26,27)24-11-5-7-17(14-24)21(25)23-13-16-6-3-4-8-19(16)22/h3-4,6,8-10,12,17H,5,7,11,13-14H2,1-2H3,(H,23,25). The summed E-state index contributed by atoms with van der Waals surface area (Å²) >= 11 is 6.13. The maximum Gasteiger partial charge on any atom is 0.243 e. The molecule has 0 radical (unpaired) electrons. The number of piperidine rings is 1. The Morgan fingerprint density at radius 3 is 2.72 bits per heavy atom. The molecule has 1 heterocycles. The number of rotatable bonds is 6. The van der Waals surface area contributed by atoms with Gasteiger partial charge in [-0.25, -0.2) is 8.42 Å². The van der Waals surface area contributed by atoms with Crippen molar-refractivity contribution in [1.29, 1.82) is 0 Å². The molecular weight excluding hydrogens is 412 g/mol. The minimum absolute atomic E-state index is 0.157. The van der Waals surface area contributed by atoms with E-state index in [0.717, 1.165) is 11.1 Å². The Morgan fingerprint density at radius 2 is 2.03 bits per heavy atom. The van der Waals surface area contributed by atoms with Crippen LogP contribution in [0.15, 0.2) is 47.4 Å². The second-order valence-electron chi connectivity index (χ2n) is 7.14. The third-order valence-corrected chi connectivity index (χ3v) is 7.40. The molecule has 1 unspecified atom stereocenters. The summed E-state index contributed by atoms with van der Waals surface area (Å²) in [5, 5.41) is 3.48. The third kappa shape index (κ3) is 4.91. The number of carbonyl (C=O) groups is 1. The summed E-state index contributed by atoms with van der Waals surface area (Å²) in [5.74, 6) is 0.0931. The first-order valence-corrected chi connectivity index (χ1v) is 11.3. The molecule has 6 nitrogen and oxygen atoms in total. The zero-order valence-electron chi connectivity index (χ0n) is 16.5. The van der Waals surface area contributed by atoms with E-state index in [1.54, 1.807) is 38.3 Å². The van der Waals surface area contributed by atoms with Crippen molar-refractivity contribution in [3.8, 4) is 5.75 Å². The number of nitrogens with one attached hydrogen (secondary N) is 1. The molecule has 1 aliphatic rings. The maximum absolute atomic E-state index is 13.1. The van der Waals surface area contributed by atoms with E-state index >= 15 is 0 Å². The molecule has 1 saturated heterocycles. The van der Waals surface area contributed by atoms with Crippen molar-refractivity contribution >= 4 is 27.5 Å². The Kier molecular flexibility index (Phi) is 6.82. The smallest absolute Gasteiger partial charge is 0.243 e. The quantitative estimate of drug-likeness (QED) is 0.753. The van der Waals surface area contributed by atoms with Gasteiger partial charge in [-0.1, -0.05) is 29.8 Å². The number of ether oxygens (including phenoxy) is 1. The van der Waals surface area contributed by atoms with Gasteiger partial charge in [0.1, 0.15) is 5.75 Å². The van der Waals surface area contributed by atoms with E-state index in [0.29, 0.717) is 36.7 Å².